The number of furan rings is 1. The zero-order valence-corrected chi connectivity index (χ0v) is 19.7. The number of rotatable bonds is 6. The first kappa shape index (κ1) is 24.4. The molecule has 1 amide bonds. The third-order valence-corrected chi connectivity index (χ3v) is 5.96. The lowest BCUT2D eigenvalue weighted by atomic mass is 10.1. The molecule has 0 aliphatic carbocycles. The molecule has 0 bridgehead atoms. The molecule has 0 spiro atoms. The second kappa shape index (κ2) is 10.7. The van der Waals surface area contributed by atoms with Gasteiger partial charge in [0.2, 0.25) is 0 Å². The maximum absolute atomic E-state index is 12.8. The smallest absolute Gasteiger partial charge is 0.270 e. The number of fused-ring (bicyclic) bond motifs is 1. The van der Waals surface area contributed by atoms with Crippen LogP contribution in [0.3, 0.4) is 0 Å². The second-order valence-corrected chi connectivity index (χ2v) is 8.32. The number of nitro groups is 1. The molecule has 9 heteroatoms. The summed E-state index contributed by atoms with van der Waals surface area (Å²) in [4.78, 5) is 25.8. The first-order chi connectivity index (χ1) is 16.6. The van der Waals surface area contributed by atoms with Crippen molar-refractivity contribution in [3.05, 3.63) is 94.0 Å². The van der Waals surface area contributed by atoms with Crippen LogP contribution in [0.2, 0.25) is 0 Å². The van der Waals surface area contributed by atoms with E-state index in [2.05, 4.69) is 33.7 Å². The standard InChI is InChI=1S/C26H24N4O4.ClH/c31-26(20-4-3-5-21(15-20)30(32)33)28-23-7-2-1-6-22(23)25-16-19-9-8-18(14-24(19)34-25)17-29-12-10-27-11-13-29;/h1-9,14-16,27H,10-13,17H2,(H,28,31);1H. The van der Waals surface area contributed by atoms with Gasteiger partial charge < -0.3 is 15.1 Å². The largest absolute Gasteiger partial charge is 0.456 e. The molecule has 2 N–H and O–H groups in total. The van der Waals surface area contributed by atoms with Crippen molar-refractivity contribution in [2.24, 2.45) is 0 Å². The molecule has 5 rings (SSSR count). The fraction of sp³-hybridized carbons (Fsp3) is 0.192. The molecule has 1 aromatic heterocycles. The van der Waals surface area contributed by atoms with Gasteiger partial charge in [-0.2, -0.15) is 0 Å². The number of halogens is 1. The molecular formula is C26H25ClN4O4. The molecule has 1 aliphatic heterocycles. The SMILES string of the molecule is Cl.O=C(Nc1ccccc1-c1cc2ccc(CN3CCNCC3)cc2o1)c1cccc([N+](=O)[O-])c1. The van der Waals surface area contributed by atoms with Gasteiger partial charge in [0, 0.05) is 61.4 Å². The van der Waals surface area contributed by atoms with Gasteiger partial charge in [-0.05, 0) is 35.9 Å². The summed E-state index contributed by atoms with van der Waals surface area (Å²) in [6.45, 7) is 4.94. The Morgan fingerprint density at radius 3 is 2.63 bits per heavy atom. The fourth-order valence-corrected chi connectivity index (χ4v) is 4.20. The zero-order valence-electron chi connectivity index (χ0n) is 18.9. The lowest BCUT2D eigenvalue weighted by molar-refractivity contribution is -0.384. The van der Waals surface area contributed by atoms with Crippen LogP contribution < -0.4 is 10.6 Å². The molecule has 35 heavy (non-hydrogen) atoms. The van der Waals surface area contributed by atoms with Gasteiger partial charge in [0.25, 0.3) is 11.6 Å². The summed E-state index contributed by atoms with van der Waals surface area (Å²) in [5.41, 5.74) is 3.38. The molecule has 1 aliphatic rings. The Bertz CT molecular complexity index is 1360. The monoisotopic (exact) mass is 492 g/mol. The average molecular weight is 493 g/mol. The van der Waals surface area contributed by atoms with E-state index in [1.807, 2.05) is 24.3 Å². The van der Waals surface area contributed by atoms with Crippen molar-refractivity contribution in [3.8, 4) is 11.3 Å². The maximum Gasteiger partial charge on any atom is 0.270 e. The molecule has 180 valence electrons. The van der Waals surface area contributed by atoms with E-state index in [-0.39, 0.29) is 23.7 Å². The topological polar surface area (TPSA) is 101 Å². The molecule has 1 saturated heterocycles. The van der Waals surface area contributed by atoms with E-state index in [4.69, 9.17) is 4.42 Å². The van der Waals surface area contributed by atoms with Crippen LogP contribution in [0.5, 0.6) is 0 Å². The fourth-order valence-electron chi connectivity index (χ4n) is 4.20. The first-order valence-corrected chi connectivity index (χ1v) is 11.2. The molecular weight excluding hydrogens is 468 g/mol. The minimum Gasteiger partial charge on any atom is -0.456 e. The predicted octanol–water partition coefficient (Wildman–Crippen LogP) is 5.09. The summed E-state index contributed by atoms with van der Waals surface area (Å²) in [7, 11) is 0. The minimum atomic E-state index is -0.518. The van der Waals surface area contributed by atoms with E-state index < -0.39 is 10.8 Å². The van der Waals surface area contributed by atoms with Crippen molar-refractivity contribution >= 4 is 40.7 Å². The van der Waals surface area contributed by atoms with Gasteiger partial charge in [-0.3, -0.25) is 19.8 Å². The van der Waals surface area contributed by atoms with Crippen molar-refractivity contribution in [2.75, 3.05) is 31.5 Å². The highest BCUT2D eigenvalue weighted by Crippen LogP contribution is 2.33. The molecule has 0 unspecified atom stereocenters. The zero-order chi connectivity index (χ0) is 23.5. The Morgan fingerprint density at radius 2 is 1.83 bits per heavy atom. The summed E-state index contributed by atoms with van der Waals surface area (Å²) in [6.07, 6.45) is 0. The number of benzene rings is 3. The van der Waals surface area contributed by atoms with E-state index in [0.29, 0.717) is 11.4 Å². The van der Waals surface area contributed by atoms with E-state index in [9.17, 15) is 14.9 Å². The van der Waals surface area contributed by atoms with E-state index >= 15 is 0 Å². The minimum absolute atomic E-state index is 0. The van der Waals surface area contributed by atoms with E-state index in [1.165, 1.54) is 23.8 Å². The van der Waals surface area contributed by atoms with Gasteiger partial charge in [0.1, 0.15) is 11.3 Å². The van der Waals surface area contributed by atoms with Crippen LogP contribution in [0.15, 0.2) is 77.2 Å². The molecule has 2 heterocycles. The van der Waals surface area contributed by atoms with Gasteiger partial charge in [-0.15, -0.1) is 12.4 Å². The number of amides is 1. The number of carbonyl (C=O) groups is 1. The first-order valence-electron chi connectivity index (χ1n) is 11.2. The van der Waals surface area contributed by atoms with Crippen LogP contribution in [-0.2, 0) is 6.54 Å². The van der Waals surface area contributed by atoms with Gasteiger partial charge >= 0.3 is 0 Å². The number of carbonyl (C=O) groups excluding carboxylic acids is 1. The summed E-state index contributed by atoms with van der Waals surface area (Å²) < 4.78 is 6.19. The number of hydrogen-bond donors (Lipinski definition) is 2. The summed E-state index contributed by atoms with van der Waals surface area (Å²) in [5.74, 6) is 0.217. The van der Waals surface area contributed by atoms with E-state index in [1.54, 1.807) is 12.1 Å². The number of hydrogen-bond acceptors (Lipinski definition) is 6. The number of piperazine rings is 1. The van der Waals surface area contributed by atoms with Gasteiger partial charge in [0.05, 0.1) is 10.6 Å². The summed E-state index contributed by atoms with van der Waals surface area (Å²) in [6, 6.07) is 21.2. The van der Waals surface area contributed by atoms with E-state index in [0.717, 1.165) is 49.3 Å². The normalized spacial score (nSPS) is 13.8. The van der Waals surface area contributed by atoms with Crippen LogP contribution >= 0.6 is 12.4 Å². The number of anilines is 1. The lowest BCUT2D eigenvalue weighted by Crippen LogP contribution is -2.42. The quantitative estimate of drug-likeness (QED) is 0.287. The molecule has 0 radical (unpaired) electrons. The lowest BCUT2D eigenvalue weighted by Gasteiger charge is -2.27. The van der Waals surface area contributed by atoms with Crippen molar-refractivity contribution in [1.82, 2.24) is 10.2 Å². The molecule has 3 aromatic carbocycles. The molecule has 1 fully saturated rings. The highest BCUT2D eigenvalue weighted by atomic mass is 35.5. The molecule has 4 aromatic rings. The van der Waals surface area contributed by atoms with Crippen molar-refractivity contribution in [3.63, 3.8) is 0 Å². The predicted molar refractivity (Wildman–Crippen MR) is 138 cm³/mol. The Morgan fingerprint density at radius 1 is 1.03 bits per heavy atom. The molecule has 8 nitrogen and oxygen atoms in total. The Labute approximate surface area is 208 Å². The van der Waals surface area contributed by atoms with Gasteiger partial charge in [-0.25, -0.2) is 0 Å². The van der Waals surface area contributed by atoms with Crippen molar-refractivity contribution in [1.29, 1.82) is 0 Å². The number of para-hydroxylation sites is 1. The van der Waals surface area contributed by atoms with Crippen molar-refractivity contribution in [2.45, 2.75) is 6.54 Å². The molecule has 0 atom stereocenters. The third-order valence-electron chi connectivity index (χ3n) is 5.96. The summed E-state index contributed by atoms with van der Waals surface area (Å²) in [5, 5.41) is 18.3. The van der Waals surface area contributed by atoms with Crippen molar-refractivity contribution < 1.29 is 14.1 Å². The average Bonchev–Trinajstić information content (AvgIpc) is 3.28. The van der Waals surface area contributed by atoms with Crippen LogP contribution in [0.4, 0.5) is 11.4 Å². The van der Waals surface area contributed by atoms with Crippen LogP contribution in [0, 0.1) is 10.1 Å². The number of non-ortho nitro benzene ring substituents is 1. The Hall–Kier alpha value is -3.72. The van der Waals surface area contributed by atoms with Gasteiger partial charge in [-0.1, -0.05) is 30.3 Å². The number of nitrogens with zero attached hydrogens (tertiary/aromatic N) is 2. The highest BCUT2D eigenvalue weighted by Gasteiger charge is 2.16. The molecule has 0 saturated carbocycles. The maximum atomic E-state index is 12.8. The Kier molecular flexibility index (Phi) is 7.45. The van der Waals surface area contributed by atoms with Crippen LogP contribution in [0.25, 0.3) is 22.3 Å². The van der Waals surface area contributed by atoms with Gasteiger partial charge in [0.15, 0.2) is 0 Å². The number of nitro benzene ring substituents is 1. The van der Waals surface area contributed by atoms with Crippen LogP contribution in [-0.4, -0.2) is 41.9 Å². The summed E-state index contributed by atoms with van der Waals surface area (Å²) >= 11 is 0. The third kappa shape index (κ3) is 5.51. The Balaban J connectivity index is 0.00000289. The highest BCUT2D eigenvalue weighted by molar-refractivity contribution is 6.06. The second-order valence-electron chi connectivity index (χ2n) is 8.32. The van der Waals surface area contributed by atoms with Crippen LogP contribution in [0.1, 0.15) is 15.9 Å². The number of nitrogens with one attached hydrogen (secondary N) is 2.